The highest BCUT2D eigenvalue weighted by molar-refractivity contribution is 5.94. The van der Waals surface area contributed by atoms with Gasteiger partial charge in [0.2, 0.25) is 5.95 Å². The molecule has 6 nitrogen and oxygen atoms in total. The first-order chi connectivity index (χ1) is 11.2. The molecule has 0 aliphatic carbocycles. The highest BCUT2D eigenvalue weighted by Crippen LogP contribution is 2.18. The first-order valence-electron chi connectivity index (χ1n) is 7.92. The lowest BCUT2D eigenvalue weighted by atomic mass is 10.1. The van der Waals surface area contributed by atoms with Crippen molar-refractivity contribution in [3.8, 4) is 5.75 Å². The summed E-state index contributed by atoms with van der Waals surface area (Å²) >= 11 is 0. The van der Waals surface area contributed by atoms with Crippen LogP contribution < -0.4 is 9.64 Å². The molecule has 1 aliphatic heterocycles. The molecule has 0 unspecified atom stereocenters. The zero-order valence-corrected chi connectivity index (χ0v) is 13.6. The van der Waals surface area contributed by atoms with Crippen LogP contribution in [0.25, 0.3) is 0 Å². The number of amides is 1. The van der Waals surface area contributed by atoms with E-state index in [-0.39, 0.29) is 5.91 Å². The van der Waals surface area contributed by atoms with Gasteiger partial charge in [0.15, 0.2) is 0 Å². The number of benzene rings is 1. The third-order valence-electron chi connectivity index (χ3n) is 4.20. The van der Waals surface area contributed by atoms with E-state index in [0.717, 1.165) is 25.6 Å². The number of aromatic nitrogens is 2. The molecule has 2 heterocycles. The Bertz CT molecular complexity index is 675. The van der Waals surface area contributed by atoms with Crippen molar-refractivity contribution in [2.45, 2.75) is 13.5 Å². The summed E-state index contributed by atoms with van der Waals surface area (Å²) in [4.78, 5) is 21.2. The smallest absolute Gasteiger partial charge is 0.254 e. The molecule has 0 bridgehead atoms. The fourth-order valence-corrected chi connectivity index (χ4v) is 2.88. The van der Waals surface area contributed by atoms with Crippen LogP contribution in [0.5, 0.6) is 5.75 Å². The number of imidazole rings is 1. The van der Waals surface area contributed by atoms with Crippen molar-refractivity contribution < 1.29 is 9.53 Å². The number of nitrogens with zero attached hydrogens (tertiary/aromatic N) is 4. The van der Waals surface area contributed by atoms with E-state index in [1.165, 1.54) is 0 Å². The van der Waals surface area contributed by atoms with Crippen molar-refractivity contribution in [3.63, 3.8) is 0 Å². The average molecular weight is 314 g/mol. The summed E-state index contributed by atoms with van der Waals surface area (Å²) in [6, 6.07) is 7.32. The minimum Gasteiger partial charge on any atom is -0.497 e. The maximum Gasteiger partial charge on any atom is 0.254 e. The van der Waals surface area contributed by atoms with Crippen LogP contribution in [-0.2, 0) is 6.54 Å². The quantitative estimate of drug-likeness (QED) is 0.864. The van der Waals surface area contributed by atoms with E-state index in [0.29, 0.717) is 24.4 Å². The highest BCUT2D eigenvalue weighted by atomic mass is 16.5. The molecule has 0 spiro atoms. The van der Waals surface area contributed by atoms with Crippen LogP contribution in [0.15, 0.2) is 36.7 Å². The van der Waals surface area contributed by atoms with Crippen LogP contribution in [-0.4, -0.2) is 53.6 Å². The lowest BCUT2D eigenvalue weighted by molar-refractivity contribution is 0.0745. The van der Waals surface area contributed by atoms with Gasteiger partial charge in [0, 0.05) is 50.7 Å². The molecule has 2 aromatic rings. The number of rotatable bonds is 4. The Morgan fingerprint density at radius 1 is 1.26 bits per heavy atom. The summed E-state index contributed by atoms with van der Waals surface area (Å²) in [5.74, 6) is 1.75. The summed E-state index contributed by atoms with van der Waals surface area (Å²) in [5.41, 5.74) is 0.674. The Hall–Kier alpha value is -2.50. The second-order valence-electron chi connectivity index (χ2n) is 5.52. The van der Waals surface area contributed by atoms with Crippen molar-refractivity contribution in [1.29, 1.82) is 0 Å². The van der Waals surface area contributed by atoms with Crippen LogP contribution in [0.3, 0.4) is 0 Å². The van der Waals surface area contributed by atoms with Gasteiger partial charge in [0.05, 0.1) is 7.11 Å². The lowest BCUT2D eigenvalue weighted by Gasteiger charge is -2.35. The van der Waals surface area contributed by atoms with Crippen LogP contribution in [0.4, 0.5) is 5.95 Å². The fourth-order valence-electron chi connectivity index (χ4n) is 2.88. The molecule has 1 aliphatic rings. The van der Waals surface area contributed by atoms with Crippen molar-refractivity contribution >= 4 is 11.9 Å². The third kappa shape index (κ3) is 3.16. The molecule has 6 heteroatoms. The maximum atomic E-state index is 12.6. The Morgan fingerprint density at radius 2 is 2.04 bits per heavy atom. The van der Waals surface area contributed by atoms with Gasteiger partial charge in [-0.3, -0.25) is 4.79 Å². The lowest BCUT2D eigenvalue weighted by Crippen LogP contribution is -2.49. The molecule has 1 saturated heterocycles. The number of piperazine rings is 1. The molecule has 23 heavy (non-hydrogen) atoms. The monoisotopic (exact) mass is 314 g/mol. The second kappa shape index (κ2) is 6.73. The van der Waals surface area contributed by atoms with E-state index in [9.17, 15) is 4.79 Å². The second-order valence-corrected chi connectivity index (χ2v) is 5.52. The molecule has 1 aromatic heterocycles. The molecule has 1 fully saturated rings. The average Bonchev–Trinajstić information content (AvgIpc) is 3.10. The van der Waals surface area contributed by atoms with Crippen LogP contribution in [0, 0.1) is 0 Å². The summed E-state index contributed by atoms with van der Waals surface area (Å²) in [5, 5.41) is 0. The first-order valence-corrected chi connectivity index (χ1v) is 7.92. The summed E-state index contributed by atoms with van der Waals surface area (Å²) in [6.45, 7) is 6.00. The van der Waals surface area contributed by atoms with Gasteiger partial charge in [-0.05, 0) is 25.1 Å². The molecular weight excluding hydrogens is 292 g/mol. The predicted molar refractivity (Wildman–Crippen MR) is 89.0 cm³/mol. The molecule has 1 amide bonds. The van der Waals surface area contributed by atoms with Gasteiger partial charge < -0.3 is 19.1 Å². The van der Waals surface area contributed by atoms with Gasteiger partial charge >= 0.3 is 0 Å². The van der Waals surface area contributed by atoms with Crippen molar-refractivity contribution in [2.24, 2.45) is 0 Å². The molecule has 0 radical (unpaired) electrons. The van der Waals surface area contributed by atoms with Crippen molar-refractivity contribution in [3.05, 3.63) is 42.2 Å². The standard InChI is InChI=1S/C17H22N4O2/c1-3-19-8-7-18-17(19)21-11-9-20(10-12-21)16(22)14-5-4-6-15(13-14)23-2/h4-8,13H,3,9-12H2,1-2H3. The predicted octanol–water partition coefficient (Wildman–Crippen LogP) is 1.87. The van der Waals surface area contributed by atoms with Gasteiger partial charge in [-0.2, -0.15) is 0 Å². The minimum atomic E-state index is 0.0578. The number of hydrogen-bond donors (Lipinski definition) is 0. The molecule has 0 atom stereocenters. The maximum absolute atomic E-state index is 12.6. The van der Waals surface area contributed by atoms with E-state index >= 15 is 0 Å². The van der Waals surface area contributed by atoms with Crippen LogP contribution in [0.1, 0.15) is 17.3 Å². The molecule has 122 valence electrons. The number of carbonyl (C=O) groups excluding carboxylic acids is 1. The van der Waals surface area contributed by atoms with Gasteiger partial charge in [-0.25, -0.2) is 4.98 Å². The molecular formula is C17H22N4O2. The topological polar surface area (TPSA) is 50.6 Å². The normalized spacial score (nSPS) is 14.9. The number of aryl methyl sites for hydroxylation is 1. The van der Waals surface area contributed by atoms with E-state index < -0.39 is 0 Å². The Kier molecular flexibility index (Phi) is 4.50. The fraction of sp³-hybridized carbons (Fsp3) is 0.412. The molecule has 0 N–H and O–H groups in total. The highest BCUT2D eigenvalue weighted by Gasteiger charge is 2.24. The van der Waals surface area contributed by atoms with Crippen molar-refractivity contribution in [2.75, 3.05) is 38.2 Å². The van der Waals surface area contributed by atoms with Crippen LogP contribution in [0.2, 0.25) is 0 Å². The summed E-state index contributed by atoms with van der Waals surface area (Å²) in [6.07, 6.45) is 3.82. The molecule has 1 aromatic carbocycles. The van der Waals surface area contributed by atoms with Crippen LogP contribution >= 0.6 is 0 Å². The first kappa shape index (κ1) is 15.4. The number of anilines is 1. The Labute approximate surface area is 136 Å². The van der Waals surface area contributed by atoms with Gasteiger partial charge in [0.1, 0.15) is 5.75 Å². The number of carbonyl (C=O) groups is 1. The minimum absolute atomic E-state index is 0.0578. The summed E-state index contributed by atoms with van der Waals surface area (Å²) < 4.78 is 7.32. The van der Waals surface area contributed by atoms with Gasteiger partial charge in [0.25, 0.3) is 5.91 Å². The number of hydrogen-bond acceptors (Lipinski definition) is 4. The zero-order valence-electron chi connectivity index (χ0n) is 13.6. The molecule has 3 rings (SSSR count). The Balaban J connectivity index is 1.65. The molecule has 0 saturated carbocycles. The van der Waals surface area contributed by atoms with Gasteiger partial charge in [-0.1, -0.05) is 6.07 Å². The largest absolute Gasteiger partial charge is 0.497 e. The third-order valence-corrected chi connectivity index (χ3v) is 4.20. The van der Waals surface area contributed by atoms with E-state index in [4.69, 9.17) is 4.74 Å². The zero-order chi connectivity index (χ0) is 16.2. The summed E-state index contributed by atoms with van der Waals surface area (Å²) in [7, 11) is 1.61. The Morgan fingerprint density at radius 3 is 2.74 bits per heavy atom. The van der Waals surface area contributed by atoms with E-state index in [1.54, 1.807) is 13.2 Å². The van der Waals surface area contributed by atoms with E-state index in [2.05, 4.69) is 21.4 Å². The van der Waals surface area contributed by atoms with Crippen molar-refractivity contribution in [1.82, 2.24) is 14.5 Å². The number of methoxy groups -OCH3 is 1. The number of ether oxygens (including phenoxy) is 1. The van der Waals surface area contributed by atoms with E-state index in [1.807, 2.05) is 35.5 Å². The SMILES string of the molecule is CCn1ccnc1N1CCN(C(=O)c2cccc(OC)c2)CC1. The van der Waals surface area contributed by atoms with Gasteiger partial charge in [-0.15, -0.1) is 0 Å².